The molecule has 0 aliphatic rings. The van der Waals surface area contributed by atoms with Gasteiger partial charge in [-0.2, -0.15) is 0 Å². The number of rotatable bonds is 4. The van der Waals surface area contributed by atoms with Crippen molar-refractivity contribution in [1.82, 2.24) is 0 Å². The molecule has 0 unspecified atom stereocenters. The van der Waals surface area contributed by atoms with E-state index in [1.165, 1.54) is 13.8 Å². The van der Waals surface area contributed by atoms with Crippen LogP contribution < -0.4 is 0 Å². The molecule has 0 saturated heterocycles. The van der Waals surface area contributed by atoms with Crippen molar-refractivity contribution >= 4 is 17.3 Å². The van der Waals surface area contributed by atoms with Crippen LogP contribution in [-0.2, 0) is 9.59 Å². The van der Waals surface area contributed by atoms with Crippen molar-refractivity contribution in [2.45, 2.75) is 19.8 Å². The Morgan fingerprint density at radius 3 is 2.24 bits per heavy atom. The summed E-state index contributed by atoms with van der Waals surface area (Å²) in [6, 6.07) is 2.79. The van der Waals surface area contributed by atoms with E-state index in [-0.39, 0.29) is 5.56 Å². The van der Waals surface area contributed by atoms with Crippen molar-refractivity contribution in [2.75, 3.05) is 0 Å². The number of hydrogen-bond donors (Lipinski definition) is 0. The third kappa shape index (κ3) is 2.72. The van der Waals surface area contributed by atoms with Crippen LogP contribution in [0.3, 0.4) is 0 Å². The second-order valence-corrected chi connectivity index (χ2v) is 3.61. The number of benzene rings is 1. The maximum absolute atomic E-state index is 12.9. The maximum atomic E-state index is 12.9. The maximum Gasteiger partial charge on any atom is 0.276 e. The Hall–Kier alpha value is -2.11. The van der Waals surface area contributed by atoms with E-state index < -0.39 is 33.9 Å². The van der Waals surface area contributed by atoms with E-state index >= 15 is 0 Å². The highest BCUT2D eigenvalue weighted by Gasteiger charge is 2.29. The van der Waals surface area contributed by atoms with Gasteiger partial charge in [0, 0.05) is 5.56 Å². The number of carbonyl (C=O) groups excluding carboxylic acids is 2. The van der Waals surface area contributed by atoms with Crippen LogP contribution in [0.2, 0.25) is 0 Å². The van der Waals surface area contributed by atoms with E-state index in [0.29, 0.717) is 6.07 Å². The number of Topliss-reactive ketones (excluding diaryl/α,β-unsaturated/α-hetero) is 2. The quantitative estimate of drug-likeness (QED) is 0.457. The summed E-state index contributed by atoms with van der Waals surface area (Å²) in [5, 5.41) is 10.7. The van der Waals surface area contributed by atoms with Gasteiger partial charge in [0.1, 0.15) is 23.3 Å². The Balaban J connectivity index is 3.43. The lowest BCUT2D eigenvalue weighted by atomic mass is 9.90. The van der Waals surface area contributed by atoms with E-state index in [1.807, 2.05) is 0 Å². The van der Waals surface area contributed by atoms with Crippen molar-refractivity contribution in [3.8, 4) is 0 Å². The molecule has 0 aromatic heterocycles. The molecule has 0 amide bonds. The summed E-state index contributed by atoms with van der Waals surface area (Å²) in [7, 11) is 0. The lowest BCUT2D eigenvalue weighted by Crippen LogP contribution is -2.18. The molecule has 5 nitrogen and oxygen atoms in total. The van der Waals surface area contributed by atoms with Crippen molar-refractivity contribution in [3.63, 3.8) is 0 Å². The Kier molecular flexibility index (Phi) is 3.67. The van der Waals surface area contributed by atoms with Crippen LogP contribution >= 0.6 is 0 Å². The smallest absolute Gasteiger partial charge is 0.276 e. The second-order valence-electron chi connectivity index (χ2n) is 3.61. The largest absolute Gasteiger partial charge is 0.299 e. The van der Waals surface area contributed by atoms with Gasteiger partial charge in [-0.05, 0) is 26.0 Å². The van der Waals surface area contributed by atoms with Gasteiger partial charge in [-0.25, -0.2) is 4.39 Å². The fourth-order valence-corrected chi connectivity index (χ4v) is 1.64. The van der Waals surface area contributed by atoms with Gasteiger partial charge < -0.3 is 0 Å². The Labute approximate surface area is 96.4 Å². The summed E-state index contributed by atoms with van der Waals surface area (Å²) in [4.78, 5) is 32.5. The third-order valence-electron chi connectivity index (χ3n) is 2.31. The van der Waals surface area contributed by atoms with Crippen molar-refractivity contribution in [3.05, 3.63) is 39.7 Å². The van der Waals surface area contributed by atoms with Gasteiger partial charge in [0.2, 0.25) is 0 Å². The second kappa shape index (κ2) is 4.82. The standard InChI is InChI=1S/C11H10FNO4/c1-6(14)11(7(2)15)9-4-3-8(12)5-10(9)13(16)17/h3-5,11H,1-2H3. The van der Waals surface area contributed by atoms with Crippen LogP contribution in [0.1, 0.15) is 25.3 Å². The summed E-state index contributed by atoms with van der Waals surface area (Å²) >= 11 is 0. The first kappa shape index (κ1) is 13.0. The van der Waals surface area contributed by atoms with Crippen molar-refractivity contribution in [1.29, 1.82) is 0 Å². The molecule has 1 aromatic rings. The molecule has 0 N–H and O–H groups in total. The van der Waals surface area contributed by atoms with Crippen LogP contribution in [0, 0.1) is 15.9 Å². The number of nitrogens with zero attached hydrogens (tertiary/aromatic N) is 1. The molecule has 0 aliphatic heterocycles. The molecule has 0 bridgehead atoms. The number of nitro groups is 1. The predicted octanol–water partition coefficient (Wildman–Crippen LogP) is 2.00. The summed E-state index contributed by atoms with van der Waals surface area (Å²) in [5.41, 5.74) is -0.628. The van der Waals surface area contributed by atoms with Gasteiger partial charge in [-0.3, -0.25) is 19.7 Å². The summed E-state index contributed by atoms with van der Waals surface area (Å²) in [5.74, 6) is -3.01. The molecule has 1 aromatic carbocycles. The number of hydrogen-bond acceptors (Lipinski definition) is 4. The minimum absolute atomic E-state index is 0.0728. The lowest BCUT2D eigenvalue weighted by Gasteiger charge is -2.10. The molecule has 0 heterocycles. The molecule has 90 valence electrons. The zero-order chi connectivity index (χ0) is 13.2. The van der Waals surface area contributed by atoms with Gasteiger partial charge in [0.25, 0.3) is 5.69 Å². The normalized spacial score (nSPS) is 10.4. The summed E-state index contributed by atoms with van der Waals surface area (Å²) < 4.78 is 12.9. The number of carbonyl (C=O) groups is 2. The minimum Gasteiger partial charge on any atom is -0.299 e. The van der Waals surface area contributed by atoms with E-state index in [4.69, 9.17) is 0 Å². The fraction of sp³-hybridized carbons (Fsp3) is 0.273. The minimum atomic E-state index is -1.21. The zero-order valence-corrected chi connectivity index (χ0v) is 9.27. The first-order valence-corrected chi connectivity index (χ1v) is 4.79. The molecule has 1 rings (SSSR count). The number of nitro benzene ring substituents is 1. The van der Waals surface area contributed by atoms with E-state index in [2.05, 4.69) is 0 Å². The fourth-order valence-electron chi connectivity index (χ4n) is 1.64. The number of ketones is 2. The Morgan fingerprint density at radius 1 is 1.29 bits per heavy atom. The van der Waals surface area contributed by atoms with Gasteiger partial charge in [0.15, 0.2) is 0 Å². The molecule has 0 fully saturated rings. The van der Waals surface area contributed by atoms with Crippen LogP contribution in [0.5, 0.6) is 0 Å². The summed E-state index contributed by atoms with van der Waals surface area (Å²) in [6.07, 6.45) is 0. The number of halogens is 1. The zero-order valence-electron chi connectivity index (χ0n) is 9.27. The SMILES string of the molecule is CC(=O)C(C(C)=O)c1ccc(F)cc1[N+](=O)[O-]. The molecule has 17 heavy (non-hydrogen) atoms. The van der Waals surface area contributed by atoms with Crippen LogP contribution in [0.25, 0.3) is 0 Å². The van der Waals surface area contributed by atoms with Gasteiger partial charge in [-0.15, -0.1) is 0 Å². The molecule has 0 aliphatic carbocycles. The Morgan fingerprint density at radius 2 is 1.82 bits per heavy atom. The van der Waals surface area contributed by atoms with E-state index in [9.17, 15) is 24.1 Å². The molecular weight excluding hydrogens is 229 g/mol. The molecule has 0 spiro atoms. The molecule has 0 atom stereocenters. The molecule has 0 saturated carbocycles. The molecule has 6 heteroatoms. The van der Waals surface area contributed by atoms with Crippen LogP contribution in [0.15, 0.2) is 18.2 Å². The predicted molar refractivity (Wildman–Crippen MR) is 57.2 cm³/mol. The average molecular weight is 239 g/mol. The van der Waals surface area contributed by atoms with Gasteiger partial charge >= 0.3 is 0 Å². The molecule has 0 radical (unpaired) electrons. The Bertz CT molecular complexity index is 484. The highest BCUT2D eigenvalue weighted by Crippen LogP contribution is 2.28. The third-order valence-corrected chi connectivity index (χ3v) is 2.31. The van der Waals surface area contributed by atoms with E-state index in [1.54, 1.807) is 0 Å². The first-order valence-electron chi connectivity index (χ1n) is 4.79. The summed E-state index contributed by atoms with van der Waals surface area (Å²) in [6.45, 7) is 2.33. The van der Waals surface area contributed by atoms with Crippen LogP contribution in [0.4, 0.5) is 10.1 Å². The van der Waals surface area contributed by atoms with Gasteiger partial charge in [0.05, 0.1) is 11.0 Å². The van der Waals surface area contributed by atoms with Crippen molar-refractivity contribution < 1.29 is 18.9 Å². The van der Waals surface area contributed by atoms with Gasteiger partial charge in [-0.1, -0.05) is 0 Å². The highest BCUT2D eigenvalue weighted by atomic mass is 19.1. The topological polar surface area (TPSA) is 77.3 Å². The highest BCUT2D eigenvalue weighted by molar-refractivity contribution is 6.06. The average Bonchev–Trinajstić information content (AvgIpc) is 2.19. The lowest BCUT2D eigenvalue weighted by molar-refractivity contribution is -0.385. The monoisotopic (exact) mass is 239 g/mol. The first-order chi connectivity index (χ1) is 7.84. The van der Waals surface area contributed by atoms with Crippen LogP contribution in [-0.4, -0.2) is 16.5 Å². The van der Waals surface area contributed by atoms with E-state index in [0.717, 1.165) is 12.1 Å². The van der Waals surface area contributed by atoms with Crippen molar-refractivity contribution in [2.24, 2.45) is 0 Å². The molecular formula is C11H10FNO4.